The van der Waals surface area contributed by atoms with Crippen molar-refractivity contribution >= 4 is 17.0 Å². The molecule has 2 heterocycles. The predicted octanol–water partition coefficient (Wildman–Crippen LogP) is 3.53. The van der Waals surface area contributed by atoms with E-state index in [1.54, 1.807) is 13.2 Å². The second-order valence-electron chi connectivity index (χ2n) is 6.25. The van der Waals surface area contributed by atoms with Crippen LogP contribution in [0.25, 0.3) is 22.5 Å². The smallest absolute Gasteiger partial charge is 0.226 e. The number of para-hydroxylation sites is 2. The highest BCUT2D eigenvalue weighted by Gasteiger charge is 2.14. The predicted molar refractivity (Wildman–Crippen MR) is 101 cm³/mol. The Kier molecular flexibility index (Phi) is 4.41. The molecule has 0 saturated carbocycles. The molecule has 2 aromatic heterocycles. The largest absolute Gasteiger partial charge is 0.444 e. The molecule has 26 heavy (non-hydrogen) atoms. The first kappa shape index (κ1) is 16.4. The molecule has 2 aromatic carbocycles. The summed E-state index contributed by atoms with van der Waals surface area (Å²) in [6, 6.07) is 17.8. The number of oxazole rings is 1. The molecule has 0 bridgehead atoms. The van der Waals surface area contributed by atoms with Gasteiger partial charge in [-0.05, 0) is 31.2 Å². The highest BCUT2D eigenvalue weighted by atomic mass is 16.3. The van der Waals surface area contributed by atoms with Crippen LogP contribution >= 0.6 is 0 Å². The van der Waals surface area contributed by atoms with Crippen LogP contribution in [-0.2, 0) is 6.54 Å². The number of aliphatic hydroxyl groups excluding tert-OH is 1. The maximum atomic E-state index is 9.57. The third-order valence-electron chi connectivity index (χ3n) is 4.10. The van der Waals surface area contributed by atoms with Gasteiger partial charge in [-0.1, -0.05) is 30.3 Å². The van der Waals surface area contributed by atoms with Crippen LogP contribution in [0.3, 0.4) is 0 Å². The molecule has 132 valence electrons. The minimum Gasteiger partial charge on any atom is -0.444 e. The maximum absolute atomic E-state index is 9.57. The molecule has 4 rings (SSSR count). The summed E-state index contributed by atoms with van der Waals surface area (Å²) in [6.45, 7) is 2.69. The van der Waals surface area contributed by atoms with Gasteiger partial charge >= 0.3 is 0 Å². The normalized spacial score (nSPS) is 12.4. The van der Waals surface area contributed by atoms with Crippen molar-refractivity contribution in [3.05, 3.63) is 66.6 Å². The molecule has 6 heteroatoms. The van der Waals surface area contributed by atoms with E-state index in [9.17, 15) is 5.11 Å². The Hall–Kier alpha value is -3.12. The van der Waals surface area contributed by atoms with Crippen molar-refractivity contribution in [2.24, 2.45) is 0 Å². The third kappa shape index (κ3) is 3.32. The summed E-state index contributed by atoms with van der Waals surface area (Å²) in [5, 5.41) is 12.8. The summed E-state index contributed by atoms with van der Waals surface area (Å²) in [7, 11) is 0. The van der Waals surface area contributed by atoms with Crippen LogP contribution in [-0.4, -0.2) is 32.3 Å². The van der Waals surface area contributed by atoms with E-state index in [0.29, 0.717) is 24.9 Å². The molecule has 0 amide bonds. The zero-order valence-corrected chi connectivity index (χ0v) is 14.5. The third-order valence-corrected chi connectivity index (χ3v) is 4.10. The van der Waals surface area contributed by atoms with E-state index in [2.05, 4.69) is 15.3 Å². The van der Waals surface area contributed by atoms with E-state index in [0.717, 1.165) is 22.3 Å². The molecule has 0 fully saturated rings. The lowest BCUT2D eigenvalue weighted by Gasteiger charge is -2.10. The number of aliphatic hydroxyl groups is 1. The Labute approximate surface area is 151 Å². The molecule has 0 saturated heterocycles. The Morgan fingerprint density at radius 2 is 1.85 bits per heavy atom. The number of aromatic nitrogens is 3. The molecule has 0 aliphatic carbocycles. The minimum atomic E-state index is -0.458. The maximum Gasteiger partial charge on any atom is 0.226 e. The molecule has 0 spiro atoms. The Balaban J connectivity index is 1.66. The lowest BCUT2D eigenvalue weighted by Crippen LogP contribution is -2.18. The van der Waals surface area contributed by atoms with E-state index in [-0.39, 0.29) is 0 Å². The summed E-state index contributed by atoms with van der Waals surface area (Å²) in [5.41, 5.74) is 3.66. The van der Waals surface area contributed by atoms with Gasteiger partial charge in [0.2, 0.25) is 11.8 Å². The highest BCUT2D eigenvalue weighted by molar-refractivity contribution is 5.78. The fourth-order valence-corrected chi connectivity index (χ4v) is 2.86. The molecule has 0 aliphatic heterocycles. The standard InChI is InChI=1S/C20H20N4O2/c1-14(25)11-21-20-23-17-9-5-6-10-18(17)24(20)12-16-13-26-19(22-16)15-7-3-2-4-8-15/h2-10,13-14,25H,11-12H2,1H3,(H,21,23)/t14-/m0/s1. The zero-order chi connectivity index (χ0) is 17.9. The highest BCUT2D eigenvalue weighted by Crippen LogP contribution is 2.23. The number of nitrogens with one attached hydrogen (secondary N) is 1. The van der Waals surface area contributed by atoms with Gasteiger partial charge in [0.1, 0.15) is 6.26 Å². The van der Waals surface area contributed by atoms with Crippen molar-refractivity contribution in [2.75, 3.05) is 11.9 Å². The van der Waals surface area contributed by atoms with Crippen molar-refractivity contribution in [3.63, 3.8) is 0 Å². The van der Waals surface area contributed by atoms with Gasteiger partial charge in [-0.15, -0.1) is 0 Å². The molecule has 0 radical (unpaired) electrons. The number of hydrogen-bond donors (Lipinski definition) is 2. The molecule has 2 N–H and O–H groups in total. The molecule has 6 nitrogen and oxygen atoms in total. The van der Waals surface area contributed by atoms with Crippen molar-refractivity contribution < 1.29 is 9.52 Å². The molecule has 4 aromatic rings. The van der Waals surface area contributed by atoms with E-state index in [4.69, 9.17) is 4.42 Å². The lowest BCUT2D eigenvalue weighted by molar-refractivity contribution is 0.208. The zero-order valence-electron chi connectivity index (χ0n) is 14.5. The van der Waals surface area contributed by atoms with Crippen molar-refractivity contribution in [1.82, 2.24) is 14.5 Å². The first-order valence-electron chi connectivity index (χ1n) is 8.58. The fourth-order valence-electron chi connectivity index (χ4n) is 2.86. The van der Waals surface area contributed by atoms with Gasteiger partial charge in [-0.2, -0.15) is 0 Å². The van der Waals surface area contributed by atoms with E-state index in [1.165, 1.54) is 0 Å². The van der Waals surface area contributed by atoms with Crippen LogP contribution in [0, 0.1) is 0 Å². The van der Waals surface area contributed by atoms with Gasteiger partial charge in [0.15, 0.2) is 0 Å². The number of fused-ring (bicyclic) bond motifs is 1. The van der Waals surface area contributed by atoms with Crippen LogP contribution < -0.4 is 5.32 Å². The van der Waals surface area contributed by atoms with Crippen molar-refractivity contribution in [3.8, 4) is 11.5 Å². The number of rotatable bonds is 6. The lowest BCUT2D eigenvalue weighted by atomic mass is 10.2. The van der Waals surface area contributed by atoms with Gasteiger partial charge in [-0.3, -0.25) is 0 Å². The number of imidazole rings is 1. The average molecular weight is 348 g/mol. The van der Waals surface area contributed by atoms with Crippen LogP contribution in [0.4, 0.5) is 5.95 Å². The summed E-state index contributed by atoms with van der Waals surface area (Å²) < 4.78 is 7.69. The molecule has 0 unspecified atom stereocenters. The van der Waals surface area contributed by atoms with Crippen LogP contribution in [0.5, 0.6) is 0 Å². The average Bonchev–Trinajstić information content (AvgIpc) is 3.26. The Morgan fingerprint density at radius 3 is 2.65 bits per heavy atom. The monoisotopic (exact) mass is 348 g/mol. The van der Waals surface area contributed by atoms with Gasteiger partial charge in [-0.25, -0.2) is 9.97 Å². The van der Waals surface area contributed by atoms with Gasteiger partial charge in [0.25, 0.3) is 0 Å². The van der Waals surface area contributed by atoms with Crippen molar-refractivity contribution in [2.45, 2.75) is 19.6 Å². The molecular formula is C20H20N4O2. The fraction of sp³-hybridized carbons (Fsp3) is 0.200. The van der Waals surface area contributed by atoms with Crippen LogP contribution in [0.1, 0.15) is 12.6 Å². The first-order chi connectivity index (χ1) is 12.7. The number of benzene rings is 2. The second kappa shape index (κ2) is 7.01. The number of anilines is 1. The first-order valence-corrected chi connectivity index (χ1v) is 8.58. The van der Waals surface area contributed by atoms with Crippen LogP contribution in [0.2, 0.25) is 0 Å². The van der Waals surface area contributed by atoms with E-state index < -0.39 is 6.10 Å². The second-order valence-corrected chi connectivity index (χ2v) is 6.25. The summed E-state index contributed by atoms with van der Waals surface area (Å²) in [4.78, 5) is 9.23. The summed E-state index contributed by atoms with van der Waals surface area (Å²) in [6.07, 6.45) is 1.22. The molecule has 1 atom stereocenters. The molecule has 0 aliphatic rings. The number of nitrogens with zero attached hydrogens (tertiary/aromatic N) is 3. The van der Waals surface area contributed by atoms with E-state index in [1.807, 2.05) is 59.2 Å². The minimum absolute atomic E-state index is 0.428. The van der Waals surface area contributed by atoms with Gasteiger partial charge in [0, 0.05) is 12.1 Å². The summed E-state index contributed by atoms with van der Waals surface area (Å²) >= 11 is 0. The SMILES string of the molecule is C[C@H](O)CNc1nc2ccccc2n1Cc1coc(-c2ccccc2)n1. The Morgan fingerprint density at radius 1 is 1.08 bits per heavy atom. The summed E-state index contributed by atoms with van der Waals surface area (Å²) in [5.74, 6) is 1.31. The topological polar surface area (TPSA) is 76.1 Å². The Bertz CT molecular complexity index is 1010. The van der Waals surface area contributed by atoms with E-state index >= 15 is 0 Å². The van der Waals surface area contributed by atoms with Crippen molar-refractivity contribution in [1.29, 1.82) is 0 Å². The van der Waals surface area contributed by atoms with Gasteiger partial charge < -0.3 is 19.4 Å². The quantitative estimate of drug-likeness (QED) is 0.557. The molecular weight excluding hydrogens is 328 g/mol. The number of hydrogen-bond acceptors (Lipinski definition) is 5. The van der Waals surface area contributed by atoms with Gasteiger partial charge in [0.05, 0.1) is 29.4 Å². The van der Waals surface area contributed by atoms with Crippen LogP contribution in [0.15, 0.2) is 65.3 Å².